The van der Waals surface area contributed by atoms with Crippen molar-refractivity contribution >= 4 is 11.1 Å². The van der Waals surface area contributed by atoms with E-state index in [0.717, 1.165) is 19.3 Å². The first kappa shape index (κ1) is 26.2. The predicted octanol–water partition coefficient (Wildman–Crippen LogP) is 6.54. The van der Waals surface area contributed by atoms with Crippen LogP contribution in [0, 0.1) is 0 Å². The summed E-state index contributed by atoms with van der Waals surface area (Å²) in [6.07, 6.45) is 13.1. The molecule has 0 bridgehead atoms. The van der Waals surface area contributed by atoms with E-state index < -0.39 is 17.2 Å². The van der Waals surface area contributed by atoms with Gasteiger partial charge in [-0.25, -0.2) is 4.21 Å². The average molecular weight is 463 g/mol. The Hall–Kier alpha value is -2.05. The SMILES string of the molecule is CCCCCCCCCCCCC(O)COc1ccc(OS(=O)c2ccc(O)cc2)cc1. The predicted molar refractivity (Wildman–Crippen MR) is 130 cm³/mol. The lowest BCUT2D eigenvalue weighted by molar-refractivity contribution is 0.0974. The second kappa shape index (κ2) is 15.7. The zero-order valence-corrected chi connectivity index (χ0v) is 20.0. The highest BCUT2D eigenvalue weighted by Crippen LogP contribution is 2.21. The summed E-state index contributed by atoms with van der Waals surface area (Å²) < 4.78 is 23.3. The van der Waals surface area contributed by atoms with Gasteiger partial charge in [0.2, 0.25) is 11.1 Å². The lowest BCUT2D eigenvalue weighted by Gasteiger charge is -2.13. The molecule has 32 heavy (non-hydrogen) atoms. The number of aliphatic hydroxyl groups excluding tert-OH is 1. The Morgan fingerprint density at radius 3 is 1.91 bits per heavy atom. The molecule has 0 heterocycles. The Morgan fingerprint density at radius 2 is 1.31 bits per heavy atom. The molecule has 0 amide bonds. The average Bonchev–Trinajstić information content (AvgIpc) is 2.80. The van der Waals surface area contributed by atoms with Crippen molar-refractivity contribution in [3.8, 4) is 17.2 Å². The number of ether oxygens (including phenoxy) is 1. The van der Waals surface area contributed by atoms with E-state index in [0.29, 0.717) is 16.4 Å². The molecule has 6 heteroatoms. The number of hydrogen-bond acceptors (Lipinski definition) is 5. The van der Waals surface area contributed by atoms with E-state index in [2.05, 4.69) is 6.92 Å². The van der Waals surface area contributed by atoms with Crippen molar-refractivity contribution in [3.05, 3.63) is 48.5 Å². The normalized spacial score (nSPS) is 12.9. The van der Waals surface area contributed by atoms with Gasteiger partial charge in [0.15, 0.2) is 0 Å². The van der Waals surface area contributed by atoms with Crippen LogP contribution in [0.1, 0.15) is 77.6 Å². The van der Waals surface area contributed by atoms with Crippen molar-refractivity contribution in [1.29, 1.82) is 0 Å². The van der Waals surface area contributed by atoms with E-state index in [1.165, 1.54) is 63.5 Å². The molecule has 2 N–H and O–H groups in total. The van der Waals surface area contributed by atoms with Crippen LogP contribution in [0.5, 0.6) is 17.2 Å². The van der Waals surface area contributed by atoms with Crippen LogP contribution < -0.4 is 8.92 Å². The first-order chi connectivity index (χ1) is 15.6. The molecule has 5 nitrogen and oxygen atoms in total. The van der Waals surface area contributed by atoms with Gasteiger partial charge in [-0.05, 0) is 55.0 Å². The summed E-state index contributed by atoms with van der Waals surface area (Å²) in [7, 11) is 0. The van der Waals surface area contributed by atoms with Gasteiger partial charge in [-0.15, -0.1) is 0 Å². The monoisotopic (exact) mass is 462 g/mol. The van der Waals surface area contributed by atoms with Crippen molar-refractivity contribution < 1.29 is 23.3 Å². The van der Waals surface area contributed by atoms with E-state index in [-0.39, 0.29) is 12.4 Å². The maximum atomic E-state index is 12.2. The molecule has 2 aromatic rings. The number of hydrogen-bond donors (Lipinski definition) is 2. The third-order valence-electron chi connectivity index (χ3n) is 5.36. The van der Waals surface area contributed by atoms with Crippen molar-refractivity contribution in [1.82, 2.24) is 0 Å². The molecule has 0 radical (unpaired) electrons. The molecule has 2 unspecified atom stereocenters. The first-order valence-electron chi connectivity index (χ1n) is 11.9. The minimum atomic E-state index is -1.66. The highest BCUT2D eigenvalue weighted by atomic mass is 32.2. The number of benzene rings is 2. The van der Waals surface area contributed by atoms with Crippen molar-refractivity contribution in [3.63, 3.8) is 0 Å². The Labute approximate surface area is 195 Å². The van der Waals surface area contributed by atoms with E-state index in [1.807, 2.05) is 0 Å². The summed E-state index contributed by atoms with van der Waals surface area (Å²) in [6.45, 7) is 2.51. The molecule has 0 aliphatic rings. The number of rotatable bonds is 17. The minimum Gasteiger partial charge on any atom is -0.508 e. The number of phenolic OH excluding ortho intramolecular Hbond substituents is 1. The van der Waals surface area contributed by atoms with E-state index in [9.17, 15) is 14.4 Å². The molecule has 0 saturated carbocycles. The van der Waals surface area contributed by atoms with Gasteiger partial charge in [0.05, 0.1) is 11.0 Å². The van der Waals surface area contributed by atoms with Crippen LogP contribution in [-0.2, 0) is 11.1 Å². The molecule has 2 rings (SSSR count). The molecule has 0 fully saturated rings. The standard InChI is InChI=1S/C26H38O5S/c1-2-3-4-5-6-7-8-9-10-11-12-23(28)21-30-24-15-17-25(18-16-24)31-32(29)26-19-13-22(27)14-20-26/h13-20,23,27-28H,2-12,21H2,1H3. The van der Waals surface area contributed by atoms with Gasteiger partial charge in [-0.2, -0.15) is 0 Å². The van der Waals surface area contributed by atoms with Crippen LogP contribution in [0.25, 0.3) is 0 Å². The largest absolute Gasteiger partial charge is 0.508 e. The molecule has 2 atom stereocenters. The molecule has 0 aliphatic heterocycles. The topological polar surface area (TPSA) is 76.0 Å². The van der Waals surface area contributed by atoms with Gasteiger partial charge in [0.25, 0.3) is 0 Å². The smallest absolute Gasteiger partial charge is 0.240 e. The zero-order valence-electron chi connectivity index (χ0n) is 19.2. The summed E-state index contributed by atoms with van der Waals surface area (Å²) in [5.41, 5.74) is 0. The van der Waals surface area contributed by atoms with E-state index in [1.54, 1.807) is 36.4 Å². The van der Waals surface area contributed by atoms with Gasteiger partial charge in [-0.1, -0.05) is 71.1 Å². The fourth-order valence-corrected chi connectivity index (χ4v) is 4.17. The van der Waals surface area contributed by atoms with Gasteiger partial charge >= 0.3 is 0 Å². The maximum absolute atomic E-state index is 12.2. The van der Waals surface area contributed by atoms with Crippen LogP contribution in [0.4, 0.5) is 0 Å². The van der Waals surface area contributed by atoms with Gasteiger partial charge in [0, 0.05) is 0 Å². The molecular formula is C26H38O5S. The second-order valence-corrected chi connectivity index (χ2v) is 9.33. The van der Waals surface area contributed by atoms with Gasteiger partial charge in [0.1, 0.15) is 23.9 Å². The van der Waals surface area contributed by atoms with Crippen LogP contribution in [-0.4, -0.2) is 27.1 Å². The molecule has 178 valence electrons. The highest BCUT2D eigenvalue weighted by Gasteiger charge is 2.08. The zero-order chi connectivity index (χ0) is 23.0. The number of aromatic hydroxyl groups is 1. The van der Waals surface area contributed by atoms with E-state index >= 15 is 0 Å². The minimum absolute atomic E-state index is 0.114. The Morgan fingerprint density at radius 1 is 0.781 bits per heavy atom. The fraction of sp³-hybridized carbons (Fsp3) is 0.538. The number of phenols is 1. The van der Waals surface area contributed by atoms with Crippen molar-refractivity contribution in [2.75, 3.05) is 6.61 Å². The Bertz CT molecular complexity index is 761. The summed E-state index contributed by atoms with van der Waals surface area (Å²) >= 11 is -1.66. The first-order valence-corrected chi connectivity index (χ1v) is 13.0. The van der Waals surface area contributed by atoms with Crippen molar-refractivity contribution in [2.45, 2.75) is 88.6 Å². The molecular weight excluding hydrogens is 424 g/mol. The number of unbranched alkanes of at least 4 members (excludes halogenated alkanes) is 9. The quantitative estimate of drug-likeness (QED) is 0.261. The second-order valence-electron chi connectivity index (χ2n) is 8.22. The third kappa shape index (κ3) is 11.0. The van der Waals surface area contributed by atoms with Crippen LogP contribution >= 0.6 is 0 Å². The van der Waals surface area contributed by atoms with Crippen LogP contribution in [0.2, 0.25) is 0 Å². The molecule has 0 saturated heterocycles. The summed E-state index contributed by atoms with van der Waals surface area (Å²) in [4.78, 5) is 0.471. The van der Waals surface area contributed by atoms with Crippen LogP contribution in [0.15, 0.2) is 53.4 Å². The van der Waals surface area contributed by atoms with E-state index in [4.69, 9.17) is 8.92 Å². The summed E-state index contributed by atoms with van der Waals surface area (Å²) in [5, 5.41) is 19.4. The number of aliphatic hydroxyl groups is 1. The summed E-state index contributed by atoms with van der Waals surface area (Å²) in [5.74, 6) is 1.20. The van der Waals surface area contributed by atoms with Crippen molar-refractivity contribution in [2.24, 2.45) is 0 Å². The Balaban J connectivity index is 1.55. The molecule has 0 aliphatic carbocycles. The highest BCUT2D eigenvalue weighted by molar-refractivity contribution is 7.80. The Kier molecular flexibility index (Phi) is 12.9. The maximum Gasteiger partial charge on any atom is 0.240 e. The lowest BCUT2D eigenvalue weighted by Crippen LogP contribution is -2.17. The van der Waals surface area contributed by atoms with Gasteiger partial charge < -0.3 is 19.1 Å². The fourth-order valence-electron chi connectivity index (χ4n) is 3.43. The van der Waals surface area contributed by atoms with Crippen LogP contribution in [0.3, 0.4) is 0 Å². The summed E-state index contributed by atoms with van der Waals surface area (Å²) in [6, 6.07) is 12.9. The van der Waals surface area contributed by atoms with Gasteiger partial charge in [-0.3, -0.25) is 0 Å². The molecule has 2 aromatic carbocycles. The third-order valence-corrected chi connectivity index (χ3v) is 6.36. The lowest BCUT2D eigenvalue weighted by atomic mass is 10.0. The molecule has 0 aromatic heterocycles. The molecule has 0 spiro atoms.